The Labute approximate surface area is 110 Å². The number of carbonyl (C=O) groups excluding carboxylic acids is 2. The molecule has 2 heterocycles. The Balaban J connectivity index is 1.81. The van der Waals surface area contributed by atoms with E-state index in [1.165, 1.54) is 12.3 Å². The number of halogens is 1. The molecule has 2 rings (SSSR count). The van der Waals surface area contributed by atoms with Gasteiger partial charge in [-0.3, -0.25) is 9.69 Å². The second kappa shape index (κ2) is 5.93. The van der Waals surface area contributed by atoms with Crippen molar-refractivity contribution >= 4 is 23.4 Å². The quantitative estimate of drug-likeness (QED) is 0.778. The highest BCUT2D eigenvalue weighted by Gasteiger charge is 2.17. The molecule has 0 spiro atoms. The number of ketones is 1. The monoisotopic (exact) mass is 268 g/mol. The summed E-state index contributed by atoms with van der Waals surface area (Å²) in [5.41, 5.74) is 0.229. The van der Waals surface area contributed by atoms with Crippen molar-refractivity contribution in [2.24, 2.45) is 0 Å². The molecule has 0 saturated carbocycles. The highest BCUT2D eigenvalue weighted by atomic mass is 35.5. The van der Waals surface area contributed by atoms with Crippen LogP contribution in [0.4, 0.5) is 0 Å². The van der Waals surface area contributed by atoms with Gasteiger partial charge < -0.3 is 4.74 Å². The molecule has 5 nitrogen and oxygen atoms in total. The molecular weight excluding hydrogens is 256 g/mol. The van der Waals surface area contributed by atoms with Crippen molar-refractivity contribution in [3.05, 3.63) is 29.0 Å². The van der Waals surface area contributed by atoms with Crippen LogP contribution in [0.15, 0.2) is 18.3 Å². The van der Waals surface area contributed by atoms with Crippen molar-refractivity contribution in [2.45, 2.75) is 12.8 Å². The maximum atomic E-state index is 11.6. The van der Waals surface area contributed by atoms with E-state index in [9.17, 15) is 9.59 Å². The number of rotatable bonds is 3. The first kappa shape index (κ1) is 13.0. The fraction of sp³-hybridized carbons (Fsp3) is 0.417. The lowest BCUT2D eigenvalue weighted by atomic mass is 10.1. The SMILES string of the molecule is O=C1CCN(COC(=O)c2ccc(Cl)cn2)CC1. The molecule has 0 amide bonds. The predicted molar refractivity (Wildman–Crippen MR) is 65.3 cm³/mol. The summed E-state index contributed by atoms with van der Waals surface area (Å²) in [6.07, 6.45) is 2.45. The lowest BCUT2D eigenvalue weighted by molar-refractivity contribution is -0.122. The standard InChI is InChI=1S/C12H13ClN2O3/c13-9-1-2-11(14-7-9)12(17)18-8-15-5-3-10(16)4-6-15/h1-2,7H,3-6,8H2. The Hall–Kier alpha value is -1.46. The Kier molecular flexibility index (Phi) is 4.28. The maximum absolute atomic E-state index is 11.6. The van der Waals surface area contributed by atoms with Crippen molar-refractivity contribution in [2.75, 3.05) is 19.8 Å². The molecule has 1 saturated heterocycles. The van der Waals surface area contributed by atoms with Crippen LogP contribution in [0.5, 0.6) is 0 Å². The van der Waals surface area contributed by atoms with Crippen LogP contribution in [0.3, 0.4) is 0 Å². The van der Waals surface area contributed by atoms with Gasteiger partial charge in [0.25, 0.3) is 0 Å². The van der Waals surface area contributed by atoms with Crippen molar-refractivity contribution in [3.8, 4) is 0 Å². The molecule has 0 aromatic carbocycles. The molecule has 0 N–H and O–H groups in total. The van der Waals surface area contributed by atoms with Crippen LogP contribution >= 0.6 is 11.6 Å². The fourth-order valence-electron chi connectivity index (χ4n) is 1.65. The molecule has 0 radical (unpaired) electrons. The minimum atomic E-state index is -0.483. The van der Waals surface area contributed by atoms with E-state index in [2.05, 4.69) is 4.98 Å². The van der Waals surface area contributed by atoms with Gasteiger partial charge in [-0.05, 0) is 12.1 Å². The summed E-state index contributed by atoms with van der Waals surface area (Å²) < 4.78 is 5.11. The number of nitrogens with zero attached hydrogens (tertiary/aromatic N) is 2. The molecule has 1 aliphatic rings. The van der Waals surface area contributed by atoms with Gasteiger partial charge in [-0.15, -0.1) is 0 Å². The highest BCUT2D eigenvalue weighted by molar-refractivity contribution is 6.30. The summed E-state index contributed by atoms with van der Waals surface area (Å²) >= 11 is 5.67. The second-order valence-corrected chi connectivity index (χ2v) is 4.52. The summed E-state index contributed by atoms with van der Waals surface area (Å²) in [6.45, 7) is 1.47. The van der Waals surface area contributed by atoms with Gasteiger partial charge in [0.15, 0.2) is 0 Å². The third-order valence-corrected chi connectivity index (χ3v) is 2.95. The van der Waals surface area contributed by atoms with E-state index in [1.807, 2.05) is 4.90 Å². The van der Waals surface area contributed by atoms with Crippen molar-refractivity contribution < 1.29 is 14.3 Å². The number of hydrogen-bond acceptors (Lipinski definition) is 5. The summed E-state index contributed by atoms with van der Waals surface area (Å²) in [4.78, 5) is 28.5. The average molecular weight is 269 g/mol. The average Bonchev–Trinajstić information content (AvgIpc) is 2.38. The molecule has 6 heteroatoms. The Morgan fingerprint density at radius 3 is 2.72 bits per heavy atom. The summed E-state index contributed by atoms with van der Waals surface area (Å²) in [7, 11) is 0. The van der Waals surface area contributed by atoms with E-state index in [1.54, 1.807) is 6.07 Å². The maximum Gasteiger partial charge on any atom is 0.358 e. The second-order valence-electron chi connectivity index (χ2n) is 4.08. The van der Waals surface area contributed by atoms with Crippen molar-refractivity contribution in [3.63, 3.8) is 0 Å². The smallest absolute Gasteiger partial charge is 0.358 e. The van der Waals surface area contributed by atoms with Gasteiger partial charge in [-0.25, -0.2) is 9.78 Å². The molecule has 1 fully saturated rings. The van der Waals surface area contributed by atoms with Gasteiger partial charge in [0, 0.05) is 32.1 Å². The minimum Gasteiger partial charge on any atom is -0.445 e. The van der Waals surface area contributed by atoms with Crippen LogP contribution in [0, 0.1) is 0 Å². The summed E-state index contributed by atoms with van der Waals surface area (Å²) in [5, 5.41) is 0.473. The first-order valence-corrected chi connectivity index (χ1v) is 6.05. The van der Waals surface area contributed by atoms with Crippen molar-refractivity contribution in [1.29, 1.82) is 0 Å². The Morgan fingerprint density at radius 2 is 2.11 bits per heavy atom. The number of aromatic nitrogens is 1. The van der Waals surface area contributed by atoms with E-state index in [0.717, 1.165) is 0 Å². The van der Waals surface area contributed by atoms with E-state index in [0.29, 0.717) is 31.0 Å². The molecule has 1 aromatic rings. The molecule has 96 valence electrons. The molecular formula is C12H13ClN2O3. The summed E-state index contributed by atoms with van der Waals surface area (Å²) in [5.74, 6) is -0.222. The third-order valence-electron chi connectivity index (χ3n) is 2.73. The zero-order chi connectivity index (χ0) is 13.0. The zero-order valence-corrected chi connectivity index (χ0v) is 10.5. The molecule has 0 aliphatic carbocycles. The molecule has 1 aliphatic heterocycles. The normalized spacial score (nSPS) is 16.6. The summed E-state index contributed by atoms with van der Waals surface area (Å²) in [6, 6.07) is 3.11. The minimum absolute atomic E-state index is 0.191. The number of likely N-dealkylation sites (tertiary alicyclic amines) is 1. The van der Waals surface area contributed by atoms with Gasteiger partial charge in [0.2, 0.25) is 0 Å². The first-order valence-electron chi connectivity index (χ1n) is 5.68. The number of carbonyl (C=O) groups is 2. The fourth-order valence-corrected chi connectivity index (χ4v) is 1.76. The Bertz CT molecular complexity index is 437. The number of piperidine rings is 1. The number of esters is 1. The van der Waals surface area contributed by atoms with E-state index in [-0.39, 0.29) is 18.2 Å². The zero-order valence-electron chi connectivity index (χ0n) is 9.76. The predicted octanol–water partition coefficient (Wildman–Crippen LogP) is 1.51. The number of Topliss-reactive ketones (excluding diaryl/α,β-unsaturated/α-hetero) is 1. The van der Waals surface area contributed by atoms with Crippen LogP contribution in [-0.4, -0.2) is 41.5 Å². The van der Waals surface area contributed by atoms with Gasteiger partial charge in [0.05, 0.1) is 5.02 Å². The van der Waals surface area contributed by atoms with Crippen molar-refractivity contribution in [1.82, 2.24) is 9.88 Å². The van der Waals surface area contributed by atoms with Crippen LogP contribution in [0.2, 0.25) is 5.02 Å². The lowest BCUT2D eigenvalue weighted by Crippen LogP contribution is -2.36. The molecule has 1 aromatic heterocycles. The van der Waals surface area contributed by atoms with Crippen LogP contribution in [0.1, 0.15) is 23.3 Å². The molecule has 0 bridgehead atoms. The van der Waals surface area contributed by atoms with E-state index in [4.69, 9.17) is 16.3 Å². The molecule has 18 heavy (non-hydrogen) atoms. The van der Waals surface area contributed by atoms with Crippen LogP contribution < -0.4 is 0 Å². The van der Waals surface area contributed by atoms with Crippen LogP contribution in [0.25, 0.3) is 0 Å². The van der Waals surface area contributed by atoms with E-state index >= 15 is 0 Å². The largest absolute Gasteiger partial charge is 0.445 e. The number of hydrogen-bond donors (Lipinski definition) is 0. The Morgan fingerprint density at radius 1 is 1.39 bits per heavy atom. The molecule has 0 atom stereocenters. The van der Waals surface area contributed by atoms with Gasteiger partial charge in [0.1, 0.15) is 18.2 Å². The van der Waals surface area contributed by atoms with E-state index < -0.39 is 5.97 Å². The lowest BCUT2D eigenvalue weighted by Gasteiger charge is -2.24. The number of ether oxygens (including phenoxy) is 1. The van der Waals surface area contributed by atoms with Gasteiger partial charge in [-0.1, -0.05) is 11.6 Å². The van der Waals surface area contributed by atoms with Gasteiger partial charge >= 0.3 is 5.97 Å². The van der Waals surface area contributed by atoms with Crippen LogP contribution in [-0.2, 0) is 9.53 Å². The highest BCUT2D eigenvalue weighted by Crippen LogP contribution is 2.09. The molecule has 0 unspecified atom stereocenters. The number of pyridine rings is 1. The first-order chi connectivity index (χ1) is 8.65. The van der Waals surface area contributed by atoms with Gasteiger partial charge in [-0.2, -0.15) is 0 Å². The third kappa shape index (κ3) is 3.51. The topological polar surface area (TPSA) is 59.5 Å².